The molecule has 7 nitrogen and oxygen atoms in total. The zero-order valence-corrected chi connectivity index (χ0v) is 19.0. The van der Waals surface area contributed by atoms with E-state index >= 15 is 0 Å². The van der Waals surface area contributed by atoms with E-state index in [1.165, 1.54) is 22.3 Å². The Bertz CT molecular complexity index is 970. The summed E-state index contributed by atoms with van der Waals surface area (Å²) in [6.07, 6.45) is 8.01. The van der Waals surface area contributed by atoms with Gasteiger partial charge in [-0.1, -0.05) is 43.7 Å². The SMILES string of the molecule is CC1(C2CCN(S(=O)(=O)c3cn[nH]c3)CC2)CCCCN(CCc2ccccc2)C1=O. The van der Waals surface area contributed by atoms with Gasteiger partial charge in [-0.05, 0) is 43.6 Å². The maximum Gasteiger partial charge on any atom is 0.246 e. The minimum absolute atomic E-state index is 0.202. The van der Waals surface area contributed by atoms with Crippen molar-refractivity contribution in [1.82, 2.24) is 19.4 Å². The Kier molecular flexibility index (Phi) is 6.48. The number of carbonyl (C=O) groups is 1. The van der Waals surface area contributed by atoms with Gasteiger partial charge in [0.25, 0.3) is 0 Å². The average molecular weight is 445 g/mol. The summed E-state index contributed by atoms with van der Waals surface area (Å²) in [4.78, 5) is 15.9. The van der Waals surface area contributed by atoms with Gasteiger partial charge in [-0.3, -0.25) is 9.89 Å². The van der Waals surface area contributed by atoms with Gasteiger partial charge in [0.05, 0.1) is 6.20 Å². The van der Waals surface area contributed by atoms with Crippen LogP contribution < -0.4 is 0 Å². The van der Waals surface area contributed by atoms with E-state index in [0.717, 1.165) is 38.8 Å². The fourth-order valence-corrected chi connectivity index (χ4v) is 6.51. The number of likely N-dealkylation sites (tertiary alicyclic amines) is 1. The molecule has 1 N–H and O–H groups in total. The summed E-state index contributed by atoms with van der Waals surface area (Å²) in [7, 11) is -3.52. The van der Waals surface area contributed by atoms with Crippen molar-refractivity contribution in [3.8, 4) is 0 Å². The van der Waals surface area contributed by atoms with E-state index in [9.17, 15) is 13.2 Å². The lowest BCUT2D eigenvalue weighted by atomic mass is 9.69. The van der Waals surface area contributed by atoms with Crippen LogP contribution in [0.25, 0.3) is 0 Å². The van der Waals surface area contributed by atoms with Gasteiger partial charge in [0.1, 0.15) is 4.90 Å². The number of H-pyrrole nitrogens is 1. The second kappa shape index (κ2) is 9.12. The smallest absolute Gasteiger partial charge is 0.246 e. The Labute approximate surface area is 184 Å². The number of piperidine rings is 1. The molecular formula is C23H32N4O3S. The highest BCUT2D eigenvalue weighted by molar-refractivity contribution is 7.89. The standard InChI is InChI=1S/C23H32N4O3S/c1-23(20-10-15-27(16-11-20)31(29,30)21-17-24-25-18-21)12-5-6-13-26(22(23)28)14-9-19-7-3-2-4-8-19/h2-4,7-8,17-18,20H,5-6,9-16H2,1H3,(H,24,25). The molecule has 0 saturated carbocycles. The van der Waals surface area contributed by atoms with Crippen molar-refractivity contribution in [2.75, 3.05) is 26.2 Å². The van der Waals surface area contributed by atoms with Crippen LogP contribution in [0.5, 0.6) is 0 Å². The topological polar surface area (TPSA) is 86.4 Å². The van der Waals surface area contributed by atoms with E-state index in [1.54, 1.807) is 0 Å². The summed E-state index contributed by atoms with van der Waals surface area (Å²) in [5.74, 6) is 0.449. The number of hydrogen-bond donors (Lipinski definition) is 1. The summed E-state index contributed by atoms with van der Waals surface area (Å²) in [5.41, 5.74) is 0.831. The third-order valence-corrected chi connectivity index (χ3v) is 8.99. The highest BCUT2D eigenvalue weighted by Gasteiger charge is 2.46. The summed E-state index contributed by atoms with van der Waals surface area (Å²) >= 11 is 0. The second-order valence-corrected chi connectivity index (χ2v) is 11.0. The number of rotatable bonds is 6. The van der Waals surface area contributed by atoms with Crippen molar-refractivity contribution in [2.45, 2.75) is 50.3 Å². The van der Waals surface area contributed by atoms with Crippen LogP contribution in [0, 0.1) is 11.3 Å². The molecule has 1 aromatic carbocycles. The predicted molar refractivity (Wildman–Crippen MR) is 119 cm³/mol. The Morgan fingerprint density at radius 2 is 1.87 bits per heavy atom. The van der Waals surface area contributed by atoms with Gasteiger partial charge in [0.2, 0.25) is 15.9 Å². The minimum atomic E-state index is -3.52. The molecule has 31 heavy (non-hydrogen) atoms. The Morgan fingerprint density at radius 1 is 1.13 bits per heavy atom. The molecule has 0 bridgehead atoms. The summed E-state index contributed by atoms with van der Waals surface area (Å²) in [6, 6.07) is 10.3. The van der Waals surface area contributed by atoms with Crippen LogP contribution in [-0.4, -0.2) is 59.9 Å². The van der Waals surface area contributed by atoms with E-state index in [0.29, 0.717) is 25.9 Å². The Hall–Kier alpha value is -2.19. The fraction of sp³-hybridized carbons (Fsp3) is 0.565. The first kappa shape index (κ1) is 22.0. The van der Waals surface area contributed by atoms with E-state index in [2.05, 4.69) is 34.2 Å². The van der Waals surface area contributed by atoms with Crippen molar-refractivity contribution in [3.05, 3.63) is 48.3 Å². The number of aromatic nitrogens is 2. The zero-order chi connectivity index (χ0) is 21.9. The molecule has 2 saturated heterocycles. The highest BCUT2D eigenvalue weighted by atomic mass is 32.2. The number of nitrogens with zero attached hydrogens (tertiary/aromatic N) is 3. The van der Waals surface area contributed by atoms with Gasteiger partial charge < -0.3 is 4.90 Å². The average Bonchev–Trinajstić information content (AvgIpc) is 3.30. The van der Waals surface area contributed by atoms with Gasteiger partial charge in [-0.2, -0.15) is 9.40 Å². The number of sulfonamides is 1. The van der Waals surface area contributed by atoms with E-state index < -0.39 is 15.4 Å². The van der Waals surface area contributed by atoms with E-state index in [4.69, 9.17) is 0 Å². The second-order valence-electron chi connectivity index (χ2n) is 9.01. The minimum Gasteiger partial charge on any atom is -0.342 e. The monoisotopic (exact) mass is 444 g/mol. The first-order chi connectivity index (χ1) is 14.9. The highest BCUT2D eigenvalue weighted by Crippen LogP contribution is 2.43. The molecule has 1 atom stereocenters. The van der Waals surface area contributed by atoms with Gasteiger partial charge in [0, 0.05) is 37.8 Å². The van der Waals surface area contributed by atoms with E-state index in [-0.39, 0.29) is 16.7 Å². The Morgan fingerprint density at radius 3 is 2.55 bits per heavy atom. The van der Waals surface area contributed by atoms with Crippen molar-refractivity contribution >= 4 is 15.9 Å². The number of amides is 1. The van der Waals surface area contributed by atoms with Crippen LogP contribution in [0.15, 0.2) is 47.6 Å². The molecule has 2 fully saturated rings. The fourth-order valence-electron chi connectivity index (χ4n) is 5.13. The zero-order valence-electron chi connectivity index (χ0n) is 18.2. The van der Waals surface area contributed by atoms with Crippen LogP contribution >= 0.6 is 0 Å². The van der Waals surface area contributed by atoms with Crippen molar-refractivity contribution in [2.24, 2.45) is 11.3 Å². The molecule has 8 heteroatoms. The summed E-state index contributed by atoms with van der Waals surface area (Å²) in [6.45, 7) is 4.57. The summed E-state index contributed by atoms with van der Waals surface area (Å²) in [5, 5.41) is 6.35. The van der Waals surface area contributed by atoms with Gasteiger partial charge >= 0.3 is 0 Å². The number of hydrogen-bond acceptors (Lipinski definition) is 4. The molecule has 2 aliphatic rings. The molecule has 168 valence electrons. The number of benzene rings is 1. The molecule has 1 amide bonds. The number of nitrogens with one attached hydrogen (secondary N) is 1. The van der Waals surface area contributed by atoms with Crippen LogP contribution in [0.3, 0.4) is 0 Å². The van der Waals surface area contributed by atoms with Crippen molar-refractivity contribution in [1.29, 1.82) is 0 Å². The maximum atomic E-state index is 13.6. The summed E-state index contributed by atoms with van der Waals surface area (Å²) < 4.78 is 27.1. The van der Waals surface area contributed by atoms with E-state index in [1.807, 2.05) is 18.2 Å². The molecule has 2 aliphatic heterocycles. The normalized spacial score (nSPS) is 24.3. The Balaban J connectivity index is 1.42. The number of carbonyl (C=O) groups excluding carboxylic acids is 1. The van der Waals surface area contributed by atoms with Crippen LogP contribution in [-0.2, 0) is 21.2 Å². The van der Waals surface area contributed by atoms with Crippen molar-refractivity contribution < 1.29 is 13.2 Å². The van der Waals surface area contributed by atoms with Gasteiger partial charge in [0.15, 0.2) is 0 Å². The third kappa shape index (κ3) is 4.55. The lowest BCUT2D eigenvalue weighted by molar-refractivity contribution is -0.144. The van der Waals surface area contributed by atoms with Gasteiger partial charge in [-0.15, -0.1) is 0 Å². The quantitative estimate of drug-likeness (QED) is 0.742. The molecule has 0 radical (unpaired) electrons. The first-order valence-electron chi connectivity index (χ1n) is 11.2. The molecular weight excluding hydrogens is 412 g/mol. The van der Waals surface area contributed by atoms with Gasteiger partial charge in [-0.25, -0.2) is 8.42 Å². The molecule has 0 aliphatic carbocycles. The number of aromatic amines is 1. The largest absolute Gasteiger partial charge is 0.342 e. The van der Waals surface area contributed by atoms with Crippen LogP contribution in [0.2, 0.25) is 0 Å². The van der Waals surface area contributed by atoms with Crippen LogP contribution in [0.1, 0.15) is 44.6 Å². The lowest BCUT2D eigenvalue weighted by Gasteiger charge is -2.42. The molecule has 1 aromatic heterocycles. The molecule has 3 heterocycles. The molecule has 1 unspecified atom stereocenters. The maximum absolute atomic E-state index is 13.6. The van der Waals surface area contributed by atoms with Crippen LogP contribution in [0.4, 0.5) is 0 Å². The lowest BCUT2D eigenvalue weighted by Crippen LogP contribution is -2.49. The molecule has 4 rings (SSSR count). The third-order valence-electron chi connectivity index (χ3n) is 7.13. The first-order valence-corrected chi connectivity index (χ1v) is 12.7. The molecule has 0 spiro atoms. The molecule has 2 aromatic rings. The predicted octanol–water partition coefficient (Wildman–Crippen LogP) is 3.07. The van der Waals surface area contributed by atoms with Crippen molar-refractivity contribution in [3.63, 3.8) is 0 Å².